The molecule has 0 spiro atoms. The first kappa shape index (κ1) is 16.7. The number of hydrogen-bond donors (Lipinski definition) is 1. The summed E-state index contributed by atoms with van der Waals surface area (Å²) in [6.07, 6.45) is 1.99. The van der Waals surface area contributed by atoms with Gasteiger partial charge in [0.15, 0.2) is 0 Å². The molecule has 2 rings (SSSR count). The van der Waals surface area contributed by atoms with Gasteiger partial charge in [-0.2, -0.15) is 0 Å². The molecule has 0 radical (unpaired) electrons. The Morgan fingerprint density at radius 2 is 2.13 bits per heavy atom. The van der Waals surface area contributed by atoms with Crippen LogP contribution < -0.4 is 10.9 Å². The van der Waals surface area contributed by atoms with Gasteiger partial charge >= 0.3 is 0 Å². The normalized spacial score (nSPS) is 10.3. The number of nitro benzene ring substituents is 1. The van der Waals surface area contributed by atoms with E-state index in [4.69, 9.17) is 11.6 Å². The molecule has 0 saturated heterocycles. The molecule has 0 saturated carbocycles. The van der Waals surface area contributed by atoms with Gasteiger partial charge in [0.2, 0.25) is 5.91 Å². The second-order valence-corrected chi connectivity index (χ2v) is 5.38. The summed E-state index contributed by atoms with van der Waals surface area (Å²) in [6.45, 7) is 0. The Kier molecular flexibility index (Phi) is 5.13. The molecule has 0 atom stereocenters. The zero-order valence-electron chi connectivity index (χ0n) is 12.3. The van der Waals surface area contributed by atoms with E-state index < -0.39 is 4.92 Å². The number of non-ortho nitro benzene ring substituents is 1. The van der Waals surface area contributed by atoms with E-state index in [1.54, 1.807) is 12.1 Å². The van der Waals surface area contributed by atoms with Gasteiger partial charge in [-0.25, -0.2) is 0 Å². The summed E-state index contributed by atoms with van der Waals surface area (Å²) in [5.74, 6) is -0.272. The quantitative estimate of drug-likeness (QED) is 0.671. The molecule has 0 fully saturated rings. The molecule has 1 N–H and O–H groups in total. The first-order chi connectivity index (χ1) is 10.9. The van der Waals surface area contributed by atoms with Gasteiger partial charge < -0.3 is 9.88 Å². The Hall–Kier alpha value is -2.67. The van der Waals surface area contributed by atoms with Crippen molar-refractivity contribution in [3.63, 3.8) is 0 Å². The molecule has 2 aromatic rings. The Morgan fingerprint density at radius 1 is 1.39 bits per heavy atom. The third-order valence-electron chi connectivity index (χ3n) is 3.19. The van der Waals surface area contributed by atoms with Gasteiger partial charge in [0.1, 0.15) is 5.02 Å². The lowest BCUT2D eigenvalue weighted by Gasteiger charge is -2.07. The van der Waals surface area contributed by atoms with E-state index >= 15 is 0 Å². The molecule has 7 nitrogen and oxygen atoms in total. The fourth-order valence-corrected chi connectivity index (χ4v) is 2.30. The van der Waals surface area contributed by atoms with Crippen LogP contribution in [0.1, 0.15) is 12.0 Å². The molecule has 1 aromatic carbocycles. The van der Waals surface area contributed by atoms with Gasteiger partial charge in [-0.15, -0.1) is 0 Å². The highest BCUT2D eigenvalue weighted by atomic mass is 35.5. The zero-order valence-corrected chi connectivity index (χ0v) is 13.0. The van der Waals surface area contributed by atoms with Crippen molar-refractivity contribution in [3.8, 4) is 0 Å². The molecule has 1 heterocycles. The van der Waals surface area contributed by atoms with Gasteiger partial charge in [-0.05, 0) is 18.1 Å². The summed E-state index contributed by atoms with van der Waals surface area (Å²) in [4.78, 5) is 33.6. The number of benzene rings is 1. The second-order valence-electron chi connectivity index (χ2n) is 4.97. The first-order valence-electron chi connectivity index (χ1n) is 6.76. The van der Waals surface area contributed by atoms with Crippen LogP contribution in [0.15, 0.2) is 41.3 Å². The van der Waals surface area contributed by atoms with Gasteiger partial charge in [0.05, 0.1) is 10.6 Å². The summed E-state index contributed by atoms with van der Waals surface area (Å²) >= 11 is 5.77. The van der Waals surface area contributed by atoms with E-state index in [0.29, 0.717) is 17.7 Å². The molecular formula is C15H14ClN3O4. The van der Waals surface area contributed by atoms with E-state index in [0.717, 1.165) is 0 Å². The van der Waals surface area contributed by atoms with Gasteiger partial charge in [-0.3, -0.25) is 19.7 Å². The number of pyridine rings is 1. The molecule has 0 aliphatic heterocycles. The van der Waals surface area contributed by atoms with E-state index in [1.165, 1.54) is 36.0 Å². The predicted octanol–water partition coefficient (Wildman–Crippen LogP) is 2.52. The molecule has 1 amide bonds. The number of anilines is 1. The summed E-state index contributed by atoms with van der Waals surface area (Å²) in [7, 11) is 1.53. The van der Waals surface area contributed by atoms with E-state index in [1.807, 2.05) is 0 Å². The number of nitrogens with one attached hydrogen (secondary N) is 1. The van der Waals surface area contributed by atoms with Crippen molar-refractivity contribution >= 4 is 28.9 Å². The maximum atomic E-state index is 11.9. The lowest BCUT2D eigenvalue weighted by Crippen LogP contribution is -2.19. The standard InChI is InChI=1S/C15H14ClN3O4/c1-18-9-11(8-13(16)15(18)21)17-14(20)6-5-10-3-2-4-12(7-10)19(22)23/h2-4,7-9H,5-6H2,1H3,(H,17,20). The maximum Gasteiger partial charge on any atom is 0.269 e. The lowest BCUT2D eigenvalue weighted by molar-refractivity contribution is -0.384. The minimum Gasteiger partial charge on any atom is -0.325 e. The number of hydrogen-bond acceptors (Lipinski definition) is 4. The highest BCUT2D eigenvalue weighted by Gasteiger charge is 2.09. The Labute approximate surface area is 136 Å². The van der Waals surface area contributed by atoms with Crippen molar-refractivity contribution in [3.05, 3.63) is 67.6 Å². The predicted molar refractivity (Wildman–Crippen MR) is 86.7 cm³/mol. The molecule has 23 heavy (non-hydrogen) atoms. The van der Waals surface area contributed by atoms with Crippen LogP contribution in [0.4, 0.5) is 11.4 Å². The molecule has 0 aliphatic carbocycles. The fourth-order valence-electron chi connectivity index (χ4n) is 2.05. The van der Waals surface area contributed by atoms with Crippen LogP contribution in [0.25, 0.3) is 0 Å². The topological polar surface area (TPSA) is 94.2 Å². The number of halogens is 1. The fraction of sp³-hybridized carbons (Fsp3) is 0.200. The smallest absolute Gasteiger partial charge is 0.269 e. The molecule has 0 unspecified atom stereocenters. The molecule has 8 heteroatoms. The van der Waals surface area contributed by atoms with Gasteiger partial charge in [-0.1, -0.05) is 23.7 Å². The van der Waals surface area contributed by atoms with Crippen LogP contribution >= 0.6 is 11.6 Å². The Morgan fingerprint density at radius 3 is 2.78 bits per heavy atom. The zero-order chi connectivity index (χ0) is 17.0. The van der Waals surface area contributed by atoms with Gasteiger partial charge in [0, 0.05) is 31.8 Å². The Bertz CT molecular complexity index is 790. The lowest BCUT2D eigenvalue weighted by atomic mass is 10.1. The third-order valence-corrected chi connectivity index (χ3v) is 3.46. The SMILES string of the molecule is Cn1cc(NC(=O)CCc2cccc([N+](=O)[O-])c2)cc(Cl)c1=O. The van der Waals surface area contributed by atoms with Crippen LogP contribution in [-0.2, 0) is 18.3 Å². The van der Waals surface area contributed by atoms with Crippen LogP contribution in [0.5, 0.6) is 0 Å². The van der Waals surface area contributed by atoms with Crippen LogP contribution in [0.3, 0.4) is 0 Å². The van der Waals surface area contributed by atoms with Crippen LogP contribution in [-0.4, -0.2) is 15.4 Å². The minimum atomic E-state index is -0.476. The van der Waals surface area contributed by atoms with E-state index in [2.05, 4.69) is 5.32 Å². The number of carbonyl (C=O) groups is 1. The van der Waals surface area contributed by atoms with Crippen LogP contribution in [0, 0.1) is 10.1 Å². The minimum absolute atomic E-state index is 0.00671. The van der Waals surface area contributed by atoms with E-state index in [9.17, 15) is 19.7 Å². The first-order valence-corrected chi connectivity index (χ1v) is 7.14. The average molecular weight is 336 g/mol. The van der Waals surface area contributed by atoms with E-state index in [-0.39, 0.29) is 28.6 Å². The highest BCUT2D eigenvalue weighted by molar-refractivity contribution is 6.30. The largest absolute Gasteiger partial charge is 0.325 e. The van der Waals surface area contributed by atoms with Crippen molar-refractivity contribution < 1.29 is 9.72 Å². The van der Waals surface area contributed by atoms with Crippen molar-refractivity contribution in [2.45, 2.75) is 12.8 Å². The second kappa shape index (κ2) is 7.06. The molecule has 120 valence electrons. The van der Waals surface area contributed by atoms with Gasteiger partial charge in [0.25, 0.3) is 11.2 Å². The average Bonchev–Trinajstić information content (AvgIpc) is 2.51. The number of aromatic nitrogens is 1. The molecular weight excluding hydrogens is 322 g/mol. The molecule has 0 bridgehead atoms. The number of carbonyl (C=O) groups excluding carboxylic acids is 1. The van der Waals surface area contributed by atoms with Crippen LogP contribution in [0.2, 0.25) is 5.02 Å². The maximum absolute atomic E-state index is 11.9. The highest BCUT2D eigenvalue weighted by Crippen LogP contribution is 2.15. The number of aryl methyl sites for hydroxylation is 2. The summed E-state index contributed by atoms with van der Waals surface area (Å²) in [5.41, 5.74) is 0.767. The number of rotatable bonds is 5. The Balaban J connectivity index is 1.99. The van der Waals surface area contributed by atoms with Crippen molar-refractivity contribution in [2.24, 2.45) is 7.05 Å². The monoisotopic (exact) mass is 335 g/mol. The molecule has 0 aliphatic rings. The molecule has 1 aromatic heterocycles. The van der Waals surface area contributed by atoms with Crippen molar-refractivity contribution in [1.82, 2.24) is 4.57 Å². The summed E-state index contributed by atoms with van der Waals surface area (Å²) in [6, 6.07) is 7.53. The summed E-state index contributed by atoms with van der Waals surface area (Å²) in [5, 5.41) is 13.4. The number of nitrogens with zero attached hydrogens (tertiary/aromatic N) is 2. The third kappa shape index (κ3) is 4.40. The van der Waals surface area contributed by atoms with Crippen molar-refractivity contribution in [1.29, 1.82) is 0 Å². The summed E-state index contributed by atoms with van der Waals surface area (Å²) < 4.78 is 1.28. The number of nitro groups is 1. The van der Waals surface area contributed by atoms with Crippen molar-refractivity contribution in [2.75, 3.05) is 5.32 Å². The number of amides is 1.